The molecule has 3 heterocycles. The van der Waals surface area contributed by atoms with E-state index >= 15 is 0 Å². The molecule has 4 rings (SSSR count). The van der Waals surface area contributed by atoms with E-state index in [0.29, 0.717) is 6.92 Å². The Labute approximate surface area is 231 Å². The second-order valence-corrected chi connectivity index (χ2v) is 9.74. The number of carbonyl (C=O) groups is 5. The van der Waals surface area contributed by atoms with Gasteiger partial charge in [-0.1, -0.05) is 18.2 Å². The molecule has 1 aliphatic rings. The third kappa shape index (κ3) is 4.17. The van der Waals surface area contributed by atoms with Crippen molar-refractivity contribution in [3.63, 3.8) is 0 Å². The van der Waals surface area contributed by atoms with Crippen molar-refractivity contribution in [1.29, 1.82) is 0 Å². The maximum Gasteiger partial charge on any atom is 0.256 e. The zero-order valence-corrected chi connectivity index (χ0v) is 22.3. The lowest BCUT2D eigenvalue weighted by atomic mass is 9.59. The molecule has 0 aliphatic carbocycles. The summed E-state index contributed by atoms with van der Waals surface area (Å²) in [6.07, 6.45) is -4.90. The summed E-state index contributed by atoms with van der Waals surface area (Å²) in [5.41, 5.74) is -10.5. The first-order valence-corrected chi connectivity index (χ1v) is 12.2. The molecule has 3 aromatic rings. The van der Waals surface area contributed by atoms with Crippen LogP contribution in [0, 0.1) is 0 Å². The fraction of sp³-hybridized carbons (Fsp3) is 0.385. The van der Waals surface area contributed by atoms with E-state index in [-0.39, 0.29) is 22.5 Å². The lowest BCUT2D eigenvalue weighted by Gasteiger charge is -2.58. The molecule has 0 saturated carbocycles. The number of carbonyl (C=O) groups excluding carboxylic acids is 5. The summed E-state index contributed by atoms with van der Waals surface area (Å²) in [7, 11) is 0. The zero-order valence-electron chi connectivity index (χ0n) is 22.3. The van der Waals surface area contributed by atoms with E-state index in [1.807, 2.05) is 0 Å². The molecule has 1 amide bonds. The Morgan fingerprint density at radius 3 is 2.05 bits per heavy atom. The van der Waals surface area contributed by atoms with Gasteiger partial charge in [0.2, 0.25) is 11.2 Å². The Hall–Kier alpha value is -4.28. The molecule has 2 aromatic heterocycles. The minimum absolute atomic E-state index is 0.0892. The van der Waals surface area contributed by atoms with Crippen LogP contribution in [-0.4, -0.2) is 98.0 Å². The minimum atomic E-state index is -3.64. The summed E-state index contributed by atoms with van der Waals surface area (Å²) in [5.74, 6) is -5.86. The number of nitrogens with zero attached hydrogens (tertiary/aromatic N) is 4. The van der Waals surface area contributed by atoms with Gasteiger partial charge < -0.3 is 30.5 Å². The predicted octanol–water partition coefficient (Wildman–Crippen LogP) is -1.11. The van der Waals surface area contributed by atoms with Crippen LogP contribution >= 0.6 is 0 Å². The Morgan fingerprint density at radius 1 is 0.902 bits per heavy atom. The molecule has 41 heavy (non-hydrogen) atoms. The van der Waals surface area contributed by atoms with Crippen LogP contribution in [0.3, 0.4) is 0 Å². The first-order valence-electron chi connectivity index (χ1n) is 12.2. The van der Waals surface area contributed by atoms with Crippen molar-refractivity contribution in [3.8, 4) is 0 Å². The lowest BCUT2D eigenvalue weighted by molar-refractivity contribution is -0.342. The van der Waals surface area contributed by atoms with Gasteiger partial charge in [-0.05, 0) is 39.8 Å². The average Bonchev–Trinajstić information content (AvgIpc) is 3.36. The first-order chi connectivity index (χ1) is 19.1. The van der Waals surface area contributed by atoms with E-state index < -0.39 is 64.3 Å². The predicted molar refractivity (Wildman–Crippen MR) is 137 cm³/mol. The second-order valence-electron chi connectivity index (χ2n) is 9.74. The van der Waals surface area contributed by atoms with Crippen molar-refractivity contribution in [3.05, 3.63) is 48.5 Å². The second kappa shape index (κ2) is 10.3. The van der Waals surface area contributed by atoms with E-state index in [2.05, 4.69) is 20.3 Å². The van der Waals surface area contributed by atoms with Crippen LogP contribution in [0.5, 0.6) is 0 Å². The fourth-order valence-electron chi connectivity index (χ4n) is 5.10. The fourth-order valence-corrected chi connectivity index (χ4v) is 5.10. The third-order valence-corrected chi connectivity index (χ3v) is 7.31. The Bertz CT molecular complexity index is 1580. The molecule has 5 N–H and O–H groups in total. The van der Waals surface area contributed by atoms with Crippen molar-refractivity contribution in [2.24, 2.45) is 0 Å². The highest BCUT2D eigenvalue weighted by atomic mass is 16.6. The standard InChI is InChI=1S/C26H27N5O10/c1-12(32)18(36)19-24(38,13(2)33)26(40,15(4)35)25(39,14(3)34)23(41-19)31-11-29-17-20(27-10-28-21(17)31)30-22(37)16-8-6-5-7-9-16/h5-11,18-19,23,36,38-40H,1-4H3,(H,27,28,30,37)/t18?,19-,23-,24-,25+,26+/m1/s1. The highest BCUT2D eigenvalue weighted by Gasteiger charge is 2.79. The quantitative estimate of drug-likeness (QED) is 0.217. The molecule has 15 heteroatoms. The number of hydrogen-bond acceptors (Lipinski definition) is 13. The van der Waals surface area contributed by atoms with E-state index in [9.17, 15) is 44.4 Å². The summed E-state index contributed by atoms with van der Waals surface area (Å²) in [5, 5.41) is 48.3. The molecule has 216 valence electrons. The van der Waals surface area contributed by atoms with E-state index in [1.54, 1.807) is 30.3 Å². The van der Waals surface area contributed by atoms with Gasteiger partial charge in [-0.25, -0.2) is 15.0 Å². The van der Waals surface area contributed by atoms with E-state index in [0.717, 1.165) is 38.0 Å². The number of aliphatic hydroxyl groups is 4. The zero-order chi connectivity index (χ0) is 30.5. The summed E-state index contributed by atoms with van der Waals surface area (Å²) in [4.78, 5) is 75.9. The van der Waals surface area contributed by atoms with Gasteiger partial charge in [0.05, 0.1) is 6.33 Å². The Balaban J connectivity index is 1.95. The normalized spacial score (nSPS) is 28.6. The number of aromatic nitrogens is 4. The van der Waals surface area contributed by atoms with Crippen molar-refractivity contribution in [1.82, 2.24) is 19.5 Å². The maximum absolute atomic E-state index is 13.1. The molecular formula is C26H27N5O10. The largest absolute Gasteiger partial charge is 0.382 e. The monoisotopic (exact) mass is 569 g/mol. The number of benzene rings is 1. The van der Waals surface area contributed by atoms with E-state index in [4.69, 9.17) is 4.74 Å². The van der Waals surface area contributed by atoms with Gasteiger partial charge >= 0.3 is 0 Å². The maximum atomic E-state index is 13.1. The molecule has 0 radical (unpaired) electrons. The molecule has 6 atom stereocenters. The number of nitrogens with one attached hydrogen (secondary N) is 1. The summed E-state index contributed by atoms with van der Waals surface area (Å²) >= 11 is 0. The highest BCUT2D eigenvalue weighted by molar-refractivity contribution is 6.07. The Morgan fingerprint density at radius 2 is 1.51 bits per heavy atom. The summed E-state index contributed by atoms with van der Waals surface area (Å²) in [6, 6.07) is 8.11. The molecule has 1 unspecified atom stereocenters. The van der Waals surface area contributed by atoms with Crippen LogP contribution in [0.2, 0.25) is 0 Å². The van der Waals surface area contributed by atoms with Crippen molar-refractivity contribution >= 4 is 46.0 Å². The van der Waals surface area contributed by atoms with Crippen LogP contribution < -0.4 is 5.32 Å². The van der Waals surface area contributed by atoms with Crippen molar-refractivity contribution in [2.45, 2.75) is 62.9 Å². The molecule has 0 bridgehead atoms. The van der Waals surface area contributed by atoms with Crippen LogP contribution in [0.15, 0.2) is 43.0 Å². The molecule has 15 nitrogen and oxygen atoms in total. The van der Waals surface area contributed by atoms with Crippen molar-refractivity contribution in [2.75, 3.05) is 5.32 Å². The Kier molecular flexibility index (Phi) is 7.45. The molecule has 1 fully saturated rings. The molecule has 0 spiro atoms. The van der Waals surface area contributed by atoms with Gasteiger partial charge in [-0.3, -0.25) is 28.5 Å². The number of ether oxygens (including phenoxy) is 1. The van der Waals surface area contributed by atoms with Crippen molar-refractivity contribution < 1.29 is 49.1 Å². The van der Waals surface area contributed by atoms with Gasteiger partial charge in [0.15, 0.2) is 51.9 Å². The minimum Gasteiger partial charge on any atom is -0.382 e. The molecular weight excluding hydrogens is 542 g/mol. The van der Waals surface area contributed by atoms with Gasteiger partial charge in [0.25, 0.3) is 5.91 Å². The molecule has 1 saturated heterocycles. The summed E-state index contributed by atoms with van der Waals surface area (Å²) in [6.45, 7) is 3.09. The van der Waals surface area contributed by atoms with Crippen LogP contribution in [0.25, 0.3) is 11.2 Å². The number of Topliss-reactive ketones (excluding diaryl/α,β-unsaturated/α-hetero) is 4. The van der Waals surface area contributed by atoms with Gasteiger partial charge in [0, 0.05) is 5.56 Å². The average molecular weight is 570 g/mol. The van der Waals surface area contributed by atoms with E-state index in [1.165, 1.54) is 0 Å². The molecule has 1 aromatic carbocycles. The number of hydrogen-bond donors (Lipinski definition) is 5. The topological polar surface area (TPSA) is 231 Å². The third-order valence-electron chi connectivity index (χ3n) is 7.31. The van der Waals surface area contributed by atoms with Crippen LogP contribution in [0.1, 0.15) is 44.3 Å². The van der Waals surface area contributed by atoms with Crippen LogP contribution in [-0.2, 0) is 23.9 Å². The lowest BCUT2D eigenvalue weighted by Crippen LogP contribution is -2.85. The number of rotatable bonds is 8. The number of aliphatic hydroxyl groups excluding tert-OH is 1. The highest BCUT2D eigenvalue weighted by Crippen LogP contribution is 2.51. The first kappa shape index (κ1) is 29.7. The molecule has 1 aliphatic heterocycles. The smallest absolute Gasteiger partial charge is 0.256 e. The SMILES string of the molecule is CC(=O)C(O)[C@H]1O[C@@H](n2cnc3c(NC(=O)c4ccccc4)ncnc32)[C@@](O)(C(C)=O)[C@](O)(C(C)=O)[C@@]1(O)C(C)=O. The van der Waals surface area contributed by atoms with Gasteiger partial charge in [-0.2, -0.15) is 0 Å². The van der Waals surface area contributed by atoms with Gasteiger partial charge in [-0.15, -0.1) is 0 Å². The van der Waals surface area contributed by atoms with Crippen LogP contribution in [0.4, 0.5) is 5.82 Å². The number of amides is 1. The number of imidazole rings is 1. The summed E-state index contributed by atoms with van der Waals surface area (Å²) < 4.78 is 6.58. The number of fused-ring (bicyclic) bond motifs is 1. The van der Waals surface area contributed by atoms with Gasteiger partial charge in [0.1, 0.15) is 18.5 Å². The number of anilines is 1. The number of ketones is 4.